The SMILES string of the molecule is N#Cc1cc(-c2ccnc(Nc3cccc(F)c3)n2)ccc1O[C@@H]1CCN(C(=O)CO)C1. The zero-order valence-electron chi connectivity index (χ0n) is 17.0. The van der Waals surface area contributed by atoms with Crippen LogP contribution in [0.5, 0.6) is 5.75 Å². The summed E-state index contributed by atoms with van der Waals surface area (Å²) in [6, 6.07) is 15.0. The average molecular weight is 433 g/mol. The van der Waals surface area contributed by atoms with Gasteiger partial charge in [0.25, 0.3) is 0 Å². The summed E-state index contributed by atoms with van der Waals surface area (Å²) in [7, 11) is 0. The minimum absolute atomic E-state index is 0.246. The van der Waals surface area contributed by atoms with Gasteiger partial charge in [0.2, 0.25) is 11.9 Å². The van der Waals surface area contributed by atoms with Gasteiger partial charge in [0, 0.05) is 30.4 Å². The third kappa shape index (κ3) is 4.82. The molecule has 1 aromatic heterocycles. The Labute approximate surface area is 183 Å². The second kappa shape index (κ2) is 9.41. The topological polar surface area (TPSA) is 111 Å². The van der Waals surface area contributed by atoms with Crippen molar-refractivity contribution in [3.05, 3.63) is 66.1 Å². The number of aliphatic hydroxyl groups is 1. The number of carbonyl (C=O) groups excluding carboxylic acids is 1. The van der Waals surface area contributed by atoms with Crippen LogP contribution in [0.3, 0.4) is 0 Å². The molecule has 2 N–H and O–H groups in total. The van der Waals surface area contributed by atoms with E-state index < -0.39 is 6.61 Å². The fourth-order valence-corrected chi connectivity index (χ4v) is 3.48. The van der Waals surface area contributed by atoms with Gasteiger partial charge in [-0.25, -0.2) is 14.4 Å². The van der Waals surface area contributed by atoms with Crippen LogP contribution in [0.15, 0.2) is 54.7 Å². The zero-order chi connectivity index (χ0) is 22.5. The monoisotopic (exact) mass is 433 g/mol. The lowest BCUT2D eigenvalue weighted by molar-refractivity contribution is -0.133. The van der Waals surface area contributed by atoms with Crippen LogP contribution in [0, 0.1) is 17.1 Å². The number of aromatic nitrogens is 2. The molecule has 0 aliphatic carbocycles. The smallest absolute Gasteiger partial charge is 0.248 e. The van der Waals surface area contributed by atoms with E-state index in [1.54, 1.807) is 47.5 Å². The summed E-state index contributed by atoms with van der Waals surface area (Å²) in [6.07, 6.45) is 1.95. The molecule has 1 aliphatic rings. The van der Waals surface area contributed by atoms with E-state index in [1.807, 2.05) is 0 Å². The van der Waals surface area contributed by atoms with Crippen molar-refractivity contribution in [2.75, 3.05) is 25.0 Å². The first kappa shape index (κ1) is 21.2. The van der Waals surface area contributed by atoms with Crippen LogP contribution in [0.4, 0.5) is 16.0 Å². The van der Waals surface area contributed by atoms with Gasteiger partial charge in [-0.05, 0) is 42.5 Å². The molecular formula is C23H20FN5O3. The van der Waals surface area contributed by atoms with Gasteiger partial charge in [-0.2, -0.15) is 5.26 Å². The molecule has 2 aromatic carbocycles. The summed E-state index contributed by atoms with van der Waals surface area (Å²) in [4.78, 5) is 21.8. The number of carbonyl (C=O) groups is 1. The molecule has 9 heteroatoms. The lowest BCUT2D eigenvalue weighted by atomic mass is 10.1. The van der Waals surface area contributed by atoms with Crippen molar-refractivity contribution in [2.45, 2.75) is 12.5 Å². The first-order chi connectivity index (χ1) is 15.6. The molecule has 2 heterocycles. The number of amides is 1. The molecule has 1 aliphatic heterocycles. The van der Waals surface area contributed by atoms with Crippen LogP contribution >= 0.6 is 0 Å². The van der Waals surface area contributed by atoms with Gasteiger partial charge in [-0.1, -0.05) is 6.07 Å². The van der Waals surface area contributed by atoms with Crippen molar-refractivity contribution >= 4 is 17.5 Å². The van der Waals surface area contributed by atoms with Crippen molar-refractivity contribution < 1.29 is 19.0 Å². The van der Waals surface area contributed by atoms with Crippen molar-refractivity contribution in [3.8, 4) is 23.1 Å². The number of nitriles is 1. The van der Waals surface area contributed by atoms with E-state index in [0.717, 1.165) is 0 Å². The highest BCUT2D eigenvalue weighted by Crippen LogP contribution is 2.28. The lowest BCUT2D eigenvalue weighted by Gasteiger charge is -2.17. The summed E-state index contributed by atoms with van der Waals surface area (Å²) in [5, 5.41) is 21.6. The van der Waals surface area contributed by atoms with E-state index in [2.05, 4.69) is 21.4 Å². The number of aliphatic hydroxyl groups excluding tert-OH is 1. The molecule has 4 rings (SSSR count). The fourth-order valence-electron chi connectivity index (χ4n) is 3.48. The molecule has 32 heavy (non-hydrogen) atoms. The van der Waals surface area contributed by atoms with Gasteiger partial charge in [0.15, 0.2) is 0 Å². The molecule has 0 spiro atoms. The number of rotatable bonds is 6. The van der Waals surface area contributed by atoms with Crippen molar-refractivity contribution in [3.63, 3.8) is 0 Å². The van der Waals surface area contributed by atoms with Crippen LogP contribution < -0.4 is 10.1 Å². The van der Waals surface area contributed by atoms with Gasteiger partial charge in [-0.3, -0.25) is 4.79 Å². The summed E-state index contributed by atoms with van der Waals surface area (Å²) < 4.78 is 19.4. The number of likely N-dealkylation sites (tertiary alicyclic amines) is 1. The Morgan fingerprint density at radius 2 is 2.19 bits per heavy atom. The van der Waals surface area contributed by atoms with Gasteiger partial charge in [0.1, 0.15) is 30.3 Å². The highest BCUT2D eigenvalue weighted by Gasteiger charge is 2.27. The average Bonchev–Trinajstić information content (AvgIpc) is 3.27. The maximum Gasteiger partial charge on any atom is 0.248 e. The molecule has 162 valence electrons. The third-order valence-electron chi connectivity index (χ3n) is 5.06. The van der Waals surface area contributed by atoms with Gasteiger partial charge in [-0.15, -0.1) is 0 Å². The van der Waals surface area contributed by atoms with Crippen molar-refractivity contribution in [1.82, 2.24) is 14.9 Å². The number of anilines is 2. The second-order valence-electron chi connectivity index (χ2n) is 7.25. The molecule has 0 bridgehead atoms. The van der Waals surface area contributed by atoms with Crippen molar-refractivity contribution in [1.29, 1.82) is 5.26 Å². The van der Waals surface area contributed by atoms with Gasteiger partial charge < -0.3 is 20.1 Å². The van der Waals surface area contributed by atoms with Gasteiger partial charge >= 0.3 is 0 Å². The van der Waals surface area contributed by atoms with Crippen LogP contribution in [0.25, 0.3) is 11.3 Å². The second-order valence-corrected chi connectivity index (χ2v) is 7.25. The largest absolute Gasteiger partial charge is 0.487 e. The van der Waals surface area contributed by atoms with E-state index in [9.17, 15) is 14.4 Å². The Balaban J connectivity index is 1.51. The van der Waals surface area contributed by atoms with E-state index in [1.165, 1.54) is 12.1 Å². The van der Waals surface area contributed by atoms with E-state index in [-0.39, 0.29) is 17.8 Å². The molecular weight excluding hydrogens is 413 g/mol. The van der Waals surface area contributed by atoms with Crippen LogP contribution in [-0.2, 0) is 4.79 Å². The number of benzene rings is 2. The van der Waals surface area contributed by atoms with Crippen molar-refractivity contribution in [2.24, 2.45) is 0 Å². The summed E-state index contributed by atoms with van der Waals surface area (Å²) >= 11 is 0. The molecule has 0 radical (unpaired) electrons. The van der Waals surface area contributed by atoms with Crippen LogP contribution in [-0.4, -0.2) is 51.7 Å². The highest BCUT2D eigenvalue weighted by atomic mass is 19.1. The Hall–Kier alpha value is -4.03. The molecule has 1 amide bonds. The molecule has 8 nitrogen and oxygen atoms in total. The Morgan fingerprint density at radius 1 is 1.31 bits per heavy atom. The van der Waals surface area contributed by atoms with E-state index in [4.69, 9.17) is 9.84 Å². The number of ether oxygens (including phenoxy) is 1. The van der Waals surface area contributed by atoms with Gasteiger partial charge in [0.05, 0.1) is 17.8 Å². The maximum absolute atomic E-state index is 13.4. The highest BCUT2D eigenvalue weighted by molar-refractivity contribution is 5.77. The Kier molecular flexibility index (Phi) is 6.24. The van der Waals surface area contributed by atoms with Crippen LogP contribution in [0.2, 0.25) is 0 Å². The van der Waals surface area contributed by atoms with E-state index >= 15 is 0 Å². The number of nitrogens with one attached hydrogen (secondary N) is 1. The first-order valence-electron chi connectivity index (χ1n) is 10.0. The summed E-state index contributed by atoms with van der Waals surface area (Å²) in [6.45, 7) is 0.346. The Morgan fingerprint density at radius 3 is 2.97 bits per heavy atom. The third-order valence-corrected chi connectivity index (χ3v) is 5.06. The number of hydrogen-bond acceptors (Lipinski definition) is 7. The predicted molar refractivity (Wildman–Crippen MR) is 115 cm³/mol. The number of halogens is 1. The maximum atomic E-state index is 13.4. The van der Waals surface area contributed by atoms with E-state index in [0.29, 0.717) is 53.7 Å². The molecule has 1 saturated heterocycles. The molecule has 3 aromatic rings. The predicted octanol–water partition coefficient (Wildman–Crippen LogP) is 2.87. The van der Waals surface area contributed by atoms with Crippen LogP contribution in [0.1, 0.15) is 12.0 Å². The Bertz CT molecular complexity index is 1180. The minimum Gasteiger partial charge on any atom is -0.487 e. The minimum atomic E-state index is -0.528. The standard InChI is InChI=1S/C23H20FN5O3/c24-17-2-1-3-18(11-17)27-23-26-8-6-20(28-23)15-4-5-21(16(10-15)12-25)32-19-7-9-29(13-19)22(31)14-30/h1-6,8,10-11,19,30H,7,9,13-14H2,(H,26,27,28)/t19-/m1/s1. The molecule has 0 unspecified atom stereocenters. The summed E-state index contributed by atoms with van der Waals surface area (Å²) in [5.41, 5.74) is 2.14. The summed E-state index contributed by atoms with van der Waals surface area (Å²) in [5.74, 6) is 0.0168. The molecule has 1 fully saturated rings. The zero-order valence-corrected chi connectivity index (χ0v) is 17.0. The molecule has 1 atom stereocenters. The molecule has 0 saturated carbocycles. The fraction of sp³-hybridized carbons (Fsp3) is 0.217. The normalized spacial score (nSPS) is 15.3. The number of nitrogens with zero attached hydrogens (tertiary/aromatic N) is 4. The lowest BCUT2D eigenvalue weighted by Crippen LogP contribution is -2.32. The first-order valence-corrected chi connectivity index (χ1v) is 10.0. The number of hydrogen-bond donors (Lipinski definition) is 2. The quantitative estimate of drug-likeness (QED) is 0.615.